The molecule has 0 aromatic carbocycles. The Hall–Kier alpha value is -2.97. The minimum Gasteiger partial charge on any atom is -0.352 e. The van der Waals surface area contributed by atoms with Crippen LogP contribution in [0.5, 0.6) is 0 Å². The number of piperazine rings is 1. The van der Waals surface area contributed by atoms with Crippen LogP contribution in [-0.2, 0) is 9.59 Å². The fourth-order valence-corrected chi connectivity index (χ4v) is 3.19. The molecule has 2 saturated heterocycles. The highest BCUT2D eigenvalue weighted by Gasteiger charge is 2.32. The highest BCUT2D eigenvalue weighted by Crippen LogP contribution is 2.16. The molecule has 0 radical (unpaired) electrons. The fraction of sp³-hybridized carbons (Fsp3) is 0.438. The molecule has 1 unspecified atom stereocenters. The molecule has 2 fully saturated rings. The summed E-state index contributed by atoms with van der Waals surface area (Å²) < 4.78 is 1.66. The Kier molecular flexibility index (Phi) is 4.04. The fourth-order valence-electron chi connectivity index (χ4n) is 3.19. The minimum atomic E-state index is -0.354. The average molecular weight is 341 g/mol. The molecule has 25 heavy (non-hydrogen) atoms. The van der Waals surface area contributed by atoms with Crippen LogP contribution < -0.4 is 10.2 Å². The molecule has 9 heteroatoms. The Bertz CT molecular complexity index is 751. The van der Waals surface area contributed by atoms with Gasteiger partial charge in [0.2, 0.25) is 11.8 Å². The maximum atomic E-state index is 12.4. The van der Waals surface area contributed by atoms with Gasteiger partial charge >= 0.3 is 0 Å². The molecule has 0 aliphatic carbocycles. The van der Waals surface area contributed by atoms with Gasteiger partial charge in [-0.05, 0) is 24.6 Å². The van der Waals surface area contributed by atoms with Crippen LogP contribution in [0.15, 0.2) is 30.6 Å². The van der Waals surface area contributed by atoms with Crippen molar-refractivity contribution in [3.05, 3.63) is 30.6 Å². The minimum absolute atomic E-state index is 0.0191. The highest BCUT2D eigenvalue weighted by atomic mass is 16.2. The third-order valence-corrected chi connectivity index (χ3v) is 4.58. The van der Waals surface area contributed by atoms with Gasteiger partial charge in [0.15, 0.2) is 11.6 Å². The zero-order chi connectivity index (χ0) is 17.2. The lowest BCUT2D eigenvalue weighted by molar-refractivity contribution is -0.134. The number of rotatable bonds is 3. The molecule has 1 atom stereocenters. The van der Waals surface area contributed by atoms with E-state index >= 15 is 0 Å². The van der Waals surface area contributed by atoms with Gasteiger partial charge in [-0.3, -0.25) is 9.59 Å². The van der Waals surface area contributed by atoms with E-state index in [1.165, 1.54) is 0 Å². The summed E-state index contributed by atoms with van der Waals surface area (Å²) in [6, 6.07) is 5.27. The molecular formula is C16H19N7O2. The normalized spacial score (nSPS) is 20.6. The number of anilines is 1. The van der Waals surface area contributed by atoms with E-state index < -0.39 is 0 Å². The molecule has 130 valence electrons. The maximum absolute atomic E-state index is 12.4. The number of hydrogen-bond donors (Lipinski definition) is 1. The van der Waals surface area contributed by atoms with Crippen molar-refractivity contribution in [2.24, 2.45) is 0 Å². The van der Waals surface area contributed by atoms with Crippen LogP contribution in [0.3, 0.4) is 0 Å². The Morgan fingerprint density at radius 2 is 1.88 bits per heavy atom. The number of aromatic nitrogens is 4. The van der Waals surface area contributed by atoms with E-state index in [-0.39, 0.29) is 17.9 Å². The Balaban J connectivity index is 1.35. The van der Waals surface area contributed by atoms with Gasteiger partial charge in [-0.15, -0.1) is 10.2 Å². The molecular weight excluding hydrogens is 322 g/mol. The summed E-state index contributed by atoms with van der Waals surface area (Å²) in [7, 11) is 0. The molecule has 2 amide bonds. The van der Waals surface area contributed by atoms with Gasteiger partial charge in [0.1, 0.15) is 6.04 Å². The van der Waals surface area contributed by atoms with Crippen LogP contribution in [0.1, 0.15) is 12.8 Å². The summed E-state index contributed by atoms with van der Waals surface area (Å²) in [6.07, 6.45) is 4.54. The molecule has 2 aliphatic rings. The Morgan fingerprint density at radius 1 is 1.12 bits per heavy atom. The molecule has 4 heterocycles. The first-order valence-electron chi connectivity index (χ1n) is 8.37. The summed E-state index contributed by atoms with van der Waals surface area (Å²) >= 11 is 0. The third kappa shape index (κ3) is 3.17. The molecule has 0 spiro atoms. The van der Waals surface area contributed by atoms with Gasteiger partial charge in [-0.2, -0.15) is 5.10 Å². The van der Waals surface area contributed by atoms with E-state index in [0.717, 1.165) is 5.82 Å². The van der Waals surface area contributed by atoms with Gasteiger partial charge < -0.3 is 15.1 Å². The smallest absolute Gasteiger partial charge is 0.245 e. The van der Waals surface area contributed by atoms with Crippen molar-refractivity contribution < 1.29 is 9.59 Å². The Labute approximate surface area is 144 Å². The molecule has 0 saturated carbocycles. The van der Waals surface area contributed by atoms with Crippen LogP contribution in [0, 0.1) is 0 Å². The van der Waals surface area contributed by atoms with Crippen LogP contribution in [0.4, 0.5) is 5.82 Å². The number of amides is 2. The van der Waals surface area contributed by atoms with Crippen molar-refractivity contribution in [2.75, 3.05) is 31.1 Å². The zero-order valence-electron chi connectivity index (χ0n) is 13.7. The van der Waals surface area contributed by atoms with Crippen molar-refractivity contribution in [3.8, 4) is 5.82 Å². The number of nitrogens with zero attached hydrogens (tertiary/aromatic N) is 6. The number of hydrogen-bond acceptors (Lipinski definition) is 6. The van der Waals surface area contributed by atoms with Crippen molar-refractivity contribution >= 4 is 17.6 Å². The first-order valence-corrected chi connectivity index (χ1v) is 8.37. The Morgan fingerprint density at radius 3 is 2.48 bits per heavy atom. The summed E-state index contributed by atoms with van der Waals surface area (Å²) in [5, 5.41) is 15.3. The monoisotopic (exact) mass is 341 g/mol. The van der Waals surface area contributed by atoms with Crippen molar-refractivity contribution in [1.29, 1.82) is 0 Å². The van der Waals surface area contributed by atoms with E-state index in [1.54, 1.807) is 10.9 Å². The summed E-state index contributed by atoms with van der Waals surface area (Å²) in [4.78, 5) is 27.6. The van der Waals surface area contributed by atoms with E-state index in [0.29, 0.717) is 44.8 Å². The van der Waals surface area contributed by atoms with Crippen LogP contribution in [0.25, 0.3) is 5.82 Å². The van der Waals surface area contributed by atoms with Gasteiger partial charge in [-0.1, -0.05) is 0 Å². The molecule has 2 aromatic heterocycles. The number of carbonyl (C=O) groups is 2. The summed E-state index contributed by atoms with van der Waals surface area (Å²) in [6.45, 7) is 2.63. The number of nitrogens with one attached hydrogen (secondary N) is 1. The second kappa shape index (κ2) is 6.50. The number of carbonyl (C=O) groups excluding carboxylic acids is 2. The van der Waals surface area contributed by atoms with Crippen molar-refractivity contribution in [2.45, 2.75) is 18.9 Å². The molecule has 4 rings (SSSR count). The average Bonchev–Trinajstić information content (AvgIpc) is 3.33. The van der Waals surface area contributed by atoms with Gasteiger partial charge in [0, 0.05) is 45.0 Å². The van der Waals surface area contributed by atoms with Crippen LogP contribution in [-0.4, -0.2) is 68.9 Å². The second-order valence-corrected chi connectivity index (χ2v) is 6.17. The lowest BCUT2D eigenvalue weighted by Crippen LogP contribution is -2.53. The first-order chi connectivity index (χ1) is 12.2. The lowest BCUT2D eigenvalue weighted by Gasteiger charge is -2.36. The van der Waals surface area contributed by atoms with Gasteiger partial charge in [-0.25, -0.2) is 4.68 Å². The van der Waals surface area contributed by atoms with E-state index in [1.807, 2.05) is 29.3 Å². The maximum Gasteiger partial charge on any atom is 0.245 e. The second-order valence-electron chi connectivity index (χ2n) is 6.17. The summed E-state index contributed by atoms with van der Waals surface area (Å²) in [5.74, 6) is 1.44. The zero-order valence-corrected chi connectivity index (χ0v) is 13.7. The molecule has 2 aromatic rings. The van der Waals surface area contributed by atoms with Crippen molar-refractivity contribution in [3.63, 3.8) is 0 Å². The third-order valence-electron chi connectivity index (χ3n) is 4.58. The largest absolute Gasteiger partial charge is 0.352 e. The molecule has 2 aliphatic heterocycles. The lowest BCUT2D eigenvalue weighted by atomic mass is 10.2. The standard InChI is InChI=1S/C16H19N7O2/c24-15-5-2-12(18-15)16(25)22-10-8-21(9-11-22)13-3-4-14(20-19-13)23-7-1-6-17-23/h1,3-4,6-7,12H,2,5,8-11H2,(H,18,24). The van der Waals surface area contributed by atoms with Gasteiger partial charge in [0.25, 0.3) is 0 Å². The first kappa shape index (κ1) is 15.6. The topological polar surface area (TPSA) is 96.3 Å². The predicted octanol–water partition coefficient (Wildman–Crippen LogP) is -0.410. The van der Waals surface area contributed by atoms with Crippen LogP contribution >= 0.6 is 0 Å². The van der Waals surface area contributed by atoms with Crippen LogP contribution in [0.2, 0.25) is 0 Å². The summed E-state index contributed by atoms with van der Waals surface area (Å²) in [5.41, 5.74) is 0. The highest BCUT2D eigenvalue weighted by molar-refractivity contribution is 5.90. The van der Waals surface area contributed by atoms with E-state index in [4.69, 9.17) is 0 Å². The molecule has 1 N–H and O–H groups in total. The van der Waals surface area contributed by atoms with E-state index in [2.05, 4.69) is 25.5 Å². The molecule has 0 bridgehead atoms. The van der Waals surface area contributed by atoms with Crippen molar-refractivity contribution in [1.82, 2.24) is 30.2 Å². The predicted molar refractivity (Wildman–Crippen MR) is 89.1 cm³/mol. The molecule has 9 nitrogen and oxygen atoms in total. The SMILES string of the molecule is O=C1CCC(C(=O)N2CCN(c3ccc(-n4cccn4)nn3)CC2)N1. The van der Waals surface area contributed by atoms with Gasteiger partial charge in [0.05, 0.1) is 0 Å². The van der Waals surface area contributed by atoms with E-state index in [9.17, 15) is 9.59 Å². The quantitative estimate of drug-likeness (QED) is 0.815.